The van der Waals surface area contributed by atoms with Crippen molar-refractivity contribution >= 4 is 6.03 Å². The molecule has 6 nitrogen and oxygen atoms in total. The van der Waals surface area contributed by atoms with Crippen LogP contribution in [0.15, 0.2) is 24.3 Å². The molecule has 6 heteroatoms. The summed E-state index contributed by atoms with van der Waals surface area (Å²) in [4.78, 5) is 17.0. The van der Waals surface area contributed by atoms with Crippen LogP contribution in [0.3, 0.4) is 0 Å². The summed E-state index contributed by atoms with van der Waals surface area (Å²) in [6.45, 7) is 9.53. The Bertz CT molecular complexity index is 593. The van der Waals surface area contributed by atoms with Gasteiger partial charge in [-0.05, 0) is 36.5 Å². The van der Waals surface area contributed by atoms with Gasteiger partial charge in [0, 0.05) is 51.5 Å². The number of urea groups is 1. The molecule has 1 aromatic carbocycles. The molecule has 27 heavy (non-hydrogen) atoms. The van der Waals surface area contributed by atoms with E-state index in [9.17, 15) is 4.79 Å². The van der Waals surface area contributed by atoms with Gasteiger partial charge >= 0.3 is 6.03 Å². The van der Waals surface area contributed by atoms with Crippen LogP contribution in [-0.4, -0.2) is 67.9 Å². The van der Waals surface area contributed by atoms with Crippen molar-refractivity contribution in [1.82, 2.24) is 15.1 Å². The first-order chi connectivity index (χ1) is 13.1. The Balaban J connectivity index is 1.46. The number of carbonyl (C=O) groups excluding carboxylic acids is 1. The van der Waals surface area contributed by atoms with E-state index >= 15 is 0 Å². The number of hydrogen-bond donors (Lipinski definition) is 1. The second-order valence-corrected chi connectivity index (χ2v) is 8.00. The van der Waals surface area contributed by atoms with E-state index in [-0.39, 0.29) is 6.03 Å². The Morgan fingerprint density at radius 2 is 1.89 bits per heavy atom. The number of carbonyl (C=O) groups is 1. The summed E-state index contributed by atoms with van der Waals surface area (Å²) in [5.41, 5.74) is 1.07. The van der Waals surface area contributed by atoms with E-state index in [0.29, 0.717) is 24.5 Å². The van der Waals surface area contributed by atoms with E-state index in [4.69, 9.17) is 9.47 Å². The van der Waals surface area contributed by atoms with E-state index in [0.717, 1.165) is 57.0 Å². The van der Waals surface area contributed by atoms with Crippen LogP contribution in [-0.2, 0) is 11.3 Å². The zero-order valence-electron chi connectivity index (χ0n) is 16.8. The Hall–Kier alpha value is -1.79. The zero-order chi connectivity index (χ0) is 19.2. The second-order valence-electron chi connectivity index (χ2n) is 8.00. The van der Waals surface area contributed by atoms with Crippen LogP contribution < -0.4 is 10.1 Å². The second kappa shape index (κ2) is 9.42. The van der Waals surface area contributed by atoms with Crippen molar-refractivity contribution in [2.75, 3.05) is 40.0 Å². The molecular weight excluding hydrogens is 342 g/mol. The Morgan fingerprint density at radius 1 is 1.22 bits per heavy atom. The lowest BCUT2D eigenvalue weighted by atomic mass is 9.98. The van der Waals surface area contributed by atoms with E-state index in [1.807, 2.05) is 29.2 Å². The van der Waals surface area contributed by atoms with Crippen LogP contribution in [0.5, 0.6) is 5.75 Å². The lowest BCUT2D eigenvalue weighted by Crippen LogP contribution is -2.65. The number of ether oxygens (including phenoxy) is 2. The van der Waals surface area contributed by atoms with Crippen LogP contribution in [0.2, 0.25) is 0 Å². The molecule has 0 atom stereocenters. The van der Waals surface area contributed by atoms with E-state index in [1.54, 1.807) is 7.11 Å². The molecule has 0 unspecified atom stereocenters. The largest absolute Gasteiger partial charge is 0.497 e. The lowest BCUT2D eigenvalue weighted by molar-refractivity contribution is -0.0243. The minimum Gasteiger partial charge on any atom is -0.497 e. The highest BCUT2D eigenvalue weighted by Gasteiger charge is 2.38. The standard InChI is InChI=1S/C21H33N3O3/c1-16(2)13-24(18-8-10-27-11-9-18)19-14-23(15-19)21(25)22-12-17-4-6-20(26-3)7-5-17/h4-7,16,18-19H,8-15H2,1-3H3,(H,22,25). The van der Waals surface area contributed by atoms with Gasteiger partial charge in [-0.1, -0.05) is 26.0 Å². The molecule has 2 saturated heterocycles. The van der Waals surface area contributed by atoms with Crippen molar-refractivity contribution in [3.05, 3.63) is 29.8 Å². The molecule has 3 rings (SSSR count). The predicted octanol–water partition coefficient (Wildman–Crippen LogP) is 2.73. The monoisotopic (exact) mass is 375 g/mol. The molecule has 0 bridgehead atoms. The number of benzene rings is 1. The molecule has 0 aliphatic carbocycles. The Labute approximate surface area is 162 Å². The summed E-state index contributed by atoms with van der Waals surface area (Å²) in [5, 5.41) is 3.03. The van der Waals surface area contributed by atoms with Gasteiger partial charge in [-0.15, -0.1) is 0 Å². The highest BCUT2D eigenvalue weighted by molar-refractivity contribution is 5.75. The molecule has 150 valence electrons. The van der Waals surface area contributed by atoms with Crippen molar-refractivity contribution in [3.63, 3.8) is 0 Å². The van der Waals surface area contributed by atoms with Crippen LogP contribution in [0.4, 0.5) is 4.79 Å². The highest BCUT2D eigenvalue weighted by Crippen LogP contribution is 2.24. The number of nitrogens with zero attached hydrogens (tertiary/aromatic N) is 2. The van der Waals surface area contributed by atoms with Gasteiger partial charge < -0.3 is 19.7 Å². The van der Waals surface area contributed by atoms with Crippen LogP contribution in [0.25, 0.3) is 0 Å². The van der Waals surface area contributed by atoms with Gasteiger partial charge in [0.2, 0.25) is 0 Å². The Kier molecular flexibility index (Phi) is 6.96. The molecular formula is C21H33N3O3. The molecule has 0 radical (unpaired) electrons. The summed E-state index contributed by atoms with van der Waals surface area (Å²) in [5.74, 6) is 1.46. The number of methoxy groups -OCH3 is 1. The molecule has 1 N–H and O–H groups in total. The summed E-state index contributed by atoms with van der Waals surface area (Å²) < 4.78 is 10.7. The number of hydrogen-bond acceptors (Lipinski definition) is 4. The average Bonchev–Trinajstić information content (AvgIpc) is 2.65. The molecule has 2 heterocycles. The third-order valence-corrected chi connectivity index (χ3v) is 5.46. The quantitative estimate of drug-likeness (QED) is 0.796. The third-order valence-electron chi connectivity index (χ3n) is 5.46. The SMILES string of the molecule is COc1ccc(CNC(=O)N2CC(N(CC(C)C)C3CCOCC3)C2)cc1. The molecule has 2 aliphatic rings. The minimum atomic E-state index is 0.0264. The van der Waals surface area contributed by atoms with E-state index in [1.165, 1.54) is 0 Å². The van der Waals surface area contributed by atoms with Crippen LogP contribution in [0.1, 0.15) is 32.3 Å². The first-order valence-corrected chi connectivity index (χ1v) is 10.1. The van der Waals surface area contributed by atoms with Crippen molar-refractivity contribution < 1.29 is 14.3 Å². The number of amides is 2. The predicted molar refractivity (Wildman–Crippen MR) is 106 cm³/mol. The van der Waals surface area contributed by atoms with Crippen LogP contribution in [0, 0.1) is 5.92 Å². The maximum Gasteiger partial charge on any atom is 0.317 e. The van der Waals surface area contributed by atoms with Crippen molar-refractivity contribution in [3.8, 4) is 5.75 Å². The molecule has 2 aliphatic heterocycles. The number of nitrogens with one attached hydrogen (secondary N) is 1. The van der Waals surface area contributed by atoms with E-state index in [2.05, 4.69) is 24.1 Å². The topological polar surface area (TPSA) is 54.0 Å². The van der Waals surface area contributed by atoms with Gasteiger partial charge in [0.25, 0.3) is 0 Å². The Morgan fingerprint density at radius 3 is 2.48 bits per heavy atom. The molecule has 2 fully saturated rings. The molecule has 0 saturated carbocycles. The van der Waals surface area contributed by atoms with Gasteiger partial charge in [0.1, 0.15) is 5.75 Å². The van der Waals surface area contributed by atoms with Gasteiger partial charge in [-0.2, -0.15) is 0 Å². The van der Waals surface area contributed by atoms with Gasteiger partial charge in [-0.3, -0.25) is 4.90 Å². The fourth-order valence-corrected chi connectivity index (χ4v) is 3.90. The lowest BCUT2D eigenvalue weighted by Gasteiger charge is -2.49. The molecule has 1 aromatic rings. The fraction of sp³-hybridized carbons (Fsp3) is 0.667. The summed E-state index contributed by atoms with van der Waals surface area (Å²) in [7, 11) is 1.65. The highest BCUT2D eigenvalue weighted by atomic mass is 16.5. The van der Waals surface area contributed by atoms with Crippen molar-refractivity contribution in [2.45, 2.75) is 45.3 Å². The maximum atomic E-state index is 12.4. The fourth-order valence-electron chi connectivity index (χ4n) is 3.90. The normalized spacial score (nSPS) is 18.6. The molecule has 0 aromatic heterocycles. The third kappa shape index (κ3) is 5.36. The molecule has 2 amide bonds. The smallest absolute Gasteiger partial charge is 0.317 e. The number of likely N-dealkylation sites (tertiary alicyclic amines) is 1. The maximum absolute atomic E-state index is 12.4. The van der Waals surface area contributed by atoms with Gasteiger partial charge in [0.15, 0.2) is 0 Å². The average molecular weight is 376 g/mol. The summed E-state index contributed by atoms with van der Waals surface area (Å²) >= 11 is 0. The summed E-state index contributed by atoms with van der Waals surface area (Å²) in [6, 6.07) is 8.88. The van der Waals surface area contributed by atoms with Gasteiger partial charge in [0.05, 0.1) is 7.11 Å². The van der Waals surface area contributed by atoms with Crippen LogP contribution >= 0.6 is 0 Å². The van der Waals surface area contributed by atoms with Crippen molar-refractivity contribution in [2.24, 2.45) is 5.92 Å². The van der Waals surface area contributed by atoms with Gasteiger partial charge in [-0.25, -0.2) is 4.79 Å². The summed E-state index contributed by atoms with van der Waals surface area (Å²) in [6.07, 6.45) is 2.21. The van der Waals surface area contributed by atoms with Crippen molar-refractivity contribution in [1.29, 1.82) is 0 Å². The molecule has 0 spiro atoms. The number of rotatable bonds is 7. The first-order valence-electron chi connectivity index (χ1n) is 10.1. The minimum absolute atomic E-state index is 0.0264. The first kappa shape index (κ1) is 20.0. The van der Waals surface area contributed by atoms with E-state index < -0.39 is 0 Å². The zero-order valence-corrected chi connectivity index (χ0v) is 16.8.